The molecule has 13 heavy (non-hydrogen) atoms. The van der Waals surface area contributed by atoms with Gasteiger partial charge >= 0.3 is 7.82 Å². The van der Waals surface area contributed by atoms with Gasteiger partial charge in [0.1, 0.15) is 0 Å². The van der Waals surface area contributed by atoms with Gasteiger partial charge in [-0.2, -0.15) is 10.5 Å². The van der Waals surface area contributed by atoms with Crippen molar-refractivity contribution in [2.45, 2.75) is 26.1 Å². The fourth-order valence-electron chi connectivity index (χ4n) is 0.472. The molecule has 0 spiro atoms. The molecule has 6 nitrogen and oxygen atoms in total. The molecule has 0 amide bonds. The van der Waals surface area contributed by atoms with E-state index in [2.05, 4.69) is 9.05 Å². The maximum atomic E-state index is 11.0. The Bertz CT molecular complexity index is 266. The zero-order valence-corrected chi connectivity index (χ0v) is 8.06. The van der Waals surface area contributed by atoms with E-state index in [-0.39, 0.29) is 0 Å². The summed E-state index contributed by atoms with van der Waals surface area (Å²) in [6.45, 7) is 2.59. The molecule has 0 rings (SSSR count). The van der Waals surface area contributed by atoms with Crippen LogP contribution in [0.4, 0.5) is 0 Å². The minimum atomic E-state index is -4.28. The van der Waals surface area contributed by atoms with Gasteiger partial charge in [0.15, 0.2) is 12.2 Å². The lowest BCUT2D eigenvalue weighted by Crippen LogP contribution is -2.09. The van der Waals surface area contributed by atoms with Gasteiger partial charge < -0.3 is 4.89 Å². The van der Waals surface area contributed by atoms with Crippen LogP contribution in [-0.2, 0) is 13.6 Å². The van der Waals surface area contributed by atoms with Crippen molar-refractivity contribution in [3.05, 3.63) is 0 Å². The van der Waals surface area contributed by atoms with E-state index in [1.807, 2.05) is 0 Å². The highest BCUT2D eigenvalue weighted by Gasteiger charge is 2.26. The first-order valence-electron chi connectivity index (χ1n) is 3.40. The average molecular weight is 204 g/mol. The third kappa shape index (κ3) is 5.35. The van der Waals surface area contributed by atoms with Crippen molar-refractivity contribution < 1.29 is 18.5 Å². The van der Waals surface area contributed by atoms with E-state index in [9.17, 15) is 4.57 Å². The van der Waals surface area contributed by atoms with Gasteiger partial charge in [0.05, 0.1) is 12.1 Å². The standard InChI is InChI=1S/C6H9N2O4P/c1-5(3-7)11-13(9,10)12-6(2)4-8/h5-6H,1-2H3,(H,9,10). The molecule has 0 heterocycles. The summed E-state index contributed by atoms with van der Waals surface area (Å²) < 4.78 is 19.6. The Morgan fingerprint density at radius 3 is 1.77 bits per heavy atom. The van der Waals surface area contributed by atoms with Crippen LogP contribution in [0.2, 0.25) is 0 Å². The van der Waals surface area contributed by atoms with Gasteiger partial charge in [0.25, 0.3) is 0 Å². The number of rotatable bonds is 4. The smallest absolute Gasteiger partial charge is 0.302 e. The number of phosphoric ester groups is 1. The highest BCUT2D eigenvalue weighted by molar-refractivity contribution is 7.47. The number of hydrogen-bond acceptors (Lipinski definition) is 5. The Balaban J connectivity index is 4.20. The molecule has 1 N–H and O–H groups in total. The van der Waals surface area contributed by atoms with Crippen LogP contribution in [0, 0.1) is 22.7 Å². The van der Waals surface area contributed by atoms with Crippen molar-refractivity contribution >= 4 is 7.82 Å². The molecule has 0 aliphatic heterocycles. The molecule has 0 aromatic heterocycles. The van der Waals surface area contributed by atoms with Gasteiger partial charge in [0.2, 0.25) is 0 Å². The highest BCUT2D eigenvalue weighted by atomic mass is 31.2. The second-order valence-electron chi connectivity index (χ2n) is 2.22. The molecule has 72 valence electrons. The van der Waals surface area contributed by atoms with Gasteiger partial charge in [-0.05, 0) is 13.8 Å². The Labute approximate surface area is 75.9 Å². The molecule has 0 radical (unpaired) electrons. The van der Waals surface area contributed by atoms with Gasteiger partial charge in [-0.1, -0.05) is 0 Å². The molecule has 0 aromatic carbocycles. The van der Waals surface area contributed by atoms with Gasteiger partial charge in [-0.15, -0.1) is 0 Å². The van der Waals surface area contributed by atoms with E-state index >= 15 is 0 Å². The minimum absolute atomic E-state index is 1.05. The van der Waals surface area contributed by atoms with Crippen molar-refractivity contribution in [1.82, 2.24) is 0 Å². The largest absolute Gasteiger partial charge is 0.474 e. The molecule has 0 aromatic rings. The lowest BCUT2D eigenvalue weighted by atomic mass is 10.5. The van der Waals surface area contributed by atoms with E-state index in [0.29, 0.717) is 0 Å². The zero-order chi connectivity index (χ0) is 10.5. The number of nitriles is 2. The molecule has 0 saturated carbocycles. The molecule has 0 fully saturated rings. The van der Waals surface area contributed by atoms with Crippen LogP contribution in [0.15, 0.2) is 0 Å². The van der Waals surface area contributed by atoms with E-state index in [0.717, 1.165) is 0 Å². The van der Waals surface area contributed by atoms with Crippen LogP contribution in [0.25, 0.3) is 0 Å². The van der Waals surface area contributed by atoms with Crippen LogP contribution >= 0.6 is 7.82 Å². The predicted octanol–water partition coefficient (Wildman–Crippen LogP) is 0.944. The summed E-state index contributed by atoms with van der Waals surface area (Å²) in [5, 5.41) is 16.5. The van der Waals surface area contributed by atoms with Crippen LogP contribution in [-0.4, -0.2) is 17.1 Å². The molecular formula is C6H9N2O4P. The van der Waals surface area contributed by atoms with E-state index in [1.54, 1.807) is 12.1 Å². The highest BCUT2D eigenvalue weighted by Crippen LogP contribution is 2.45. The molecular weight excluding hydrogens is 195 g/mol. The molecule has 2 atom stereocenters. The molecule has 7 heteroatoms. The monoisotopic (exact) mass is 204 g/mol. The first kappa shape index (κ1) is 12.1. The molecule has 0 aliphatic carbocycles. The topological polar surface area (TPSA) is 103 Å². The summed E-state index contributed by atoms with van der Waals surface area (Å²) >= 11 is 0. The summed E-state index contributed by atoms with van der Waals surface area (Å²) in [4.78, 5) is 8.93. The van der Waals surface area contributed by atoms with Gasteiger partial charge in [-0.25, -0.2) is 4.57 Å². The maximum absolute atomic E-state index is 11.0. The lowest BCUT2D eigenvalue weighted by Gasteiger charge is -2.13. The number of nitrogens with zero attached hydrogens (tertiary/aromatic N) is 2. The number of phosphoric acid groups is 1. The minimum Gasteiger partial charge on any atom is -0.302 e. The summed E-state index contributed by atoms with van der Waals surface area (Å²) in [7, 11) is -4.28. The summed E-state index contributed by atoms with van der Waals surface area (Å²) in [6, 6.07) is 3.19. The van der Waals surface area contributed by atoms with Crippen LogP contribution in [0.5, 0.6) is 0 Å². The first-order valence-corrected chi connectivity index (χ1v) is 4.89. The van der Waals surface area contributed by atoms with Crippen molar-refractivity contribution in [1.29, 1.82) is 10.5 Å². The fourth-order valence-corrected chi connectivity index (χ4v) is 1.41. The summed E-state index contributed by atoms with van der Waals surface area (Å²) in [5.41, 5.74) is 0. The van der Waals surface area contributed by atoms with Crippen molar-refractivity contribution in [3.8, 4) is 12.1 Å². The van der Waals surface area contributed by atoms with E-state index in [1.165, 1.54) is 13.8 Å². The van der Waals surface area contributed by atoms with E-state index < -0.39 is 20.0 Å². The Kier molecular flexibility index (Phi) is 4.61. The van der Waals surface area contributed by atoms with E-state index in [4.69, 9.17) is 15.4 Å². The Hall–Kier alpha value is -0.910. The lowest BCUT2D eigenvalue weighted by molar-refractivity contribution is 0.120. The zero-order valence-electron chi connectivity index (χ0n) is 7.17. The fraction of sp³-hybridized carbons (Fsp3) is 0.667. The quantitative estimate of drug-likeness (QED) is 0.683. The predicted molar refractivity (Wildman–Crippen MR) is 42.1 cm³/mol. The Morgan fingerprint density at radius 1 is 1.23 bits per heavy atom. The average Bonchev–Trinajstić information content (AvgIpc) is 2.02. The SMILES string of the molecule is CC(C#N)OP(=O)(O)OC(C)C#N. The first-order chi connectivity index (χ1) is 5.91. The molecule has 0 bridgehead atoms. The second kappa shape index (κ2) is 4.96. The van der Waals surface area contributed by atoms with Crippen molar-refractivity contribution in [3.63, 3.8) is 0 Å². The summed E-state index contributed by atoms with van der Waals surface area (Å²) in [5.74, 6) is 0. The van der Waals surface area contributed by atoms with Gasteiger partial charge in [-0.3, -0.25) is 9.05 Å². The molecule has 0 saturated heterocycles. The third-order valence-corrected chi connectivity index (χ3v) is 2.11. The van der Waals surface area contributed by atoms with Crippen LogP contribution in [0.3, 0.4) is 0 Å². The normalized spacial score (nSPS) is 19.2. The molecule has 0 aliphatic rings. The summed E-state index contributed by atoms with van der Waals surface area (Å²) in [6.07, 6.45) is -2.11. The second-order valence-corrected chi connectivity index (χ2v) is 3.58. The Morgan fingerprint density at radius 2 is 1.54 bits per heavy atom. The van der Waals surface area contributed by atoms with Gasteiger partial charge in [0, 0.05) is 0 Å². The van der Waals surface area contributed by atoms with Crippen LogP contribution in [0.1, 0.15) is 13.8 Å². The van der Waals surface area contributed by atoms with Crippen molar-refractivity contribution in [2.24, 2.45) is 0 Å². The number of hydrogen-bond donors (Lipinski definition) is 1. The molecule has 2 unspecified atom stereocenters. The third-order valence-electron chi connectivity index (χ3n) is 0.946. The van der Waals surface area contributed by atoms with Crippen LogP contribution < -0.4 is 0 Å². The maximum Gasteiger partial charge on any atom is 0.474 e. The van der Waals surface area contributed by atoms with Crippen molar-refractivity contribution in [2.75, 3.05) is 0 Å².